The van der Waals surface area contributed by atoms with Gasteiger partial charge in [-0.25, -0.2) is 0 Å². The minimum Gasteiger partial charge on any atom is -0.311 e. The molecule has 3 aromatic carbocycles. The summed E-state index contributed by atoms with van der Waals surface area (Å²) >= 11 is 0. The van der Waals surface area contributed by atoms with Crippen LogP contribution in [-0.2, 0) is 13.0 Å². The largest absolute Gasteiger partial charge is 0.311 e. The standard InChI is InChI=1S/C22H17NO/c24-22-19-11-4-3-10-18(19)21(20-13-6-14-23(20)22)17-12-5-8-15-7-1-2-9-16(15)17/h1-5,7-12H,6,13-14H2. The van der Waals surface area contributed by atoms with Gasteiger partial charge >= 0.3 is 0 Å². The van der Waals surface area contributed by atoms with Gasteiger partial charge in [0.2, 0.25) is 0 Å². The van der Waals surface area contributed by atoms with Gasteiger partial charge in [-0.1, -0.05) is 60.7 Å². The Morgan fingerprint density at radius 2 is 1.46 bits per heavy atom. The fourth-order valence-electron chi connectivity index (χ4n) is 4.09. The summed E-state index contributed by atoms with van der Waals surface area (Å²) in [7, 11) is 0. The van der Waals surface area contributed by atoms with E-state index in [2.05, 4.69) is 48.5 Å². The molecule has 2 heteroatoms. The Hall–Kier alpha value is -2.87. The molecular formula is C22H17NO. The van der Waals surface area contributed by atoms with Crippen LogP contribution in [0.1, 0.15) is 12.1 Å². The van der Waals surface area contributed by atoms with Crippen molar-refractivity contribution >= 4 is 21.5 Å². The third-order valence-electron chi connectivity index (χ3n) is 5.14. The number of rotatable bonds is 1. The minimum atomic E-state index is 0.155. The smallest absolute Gasteiger partial charge is 0.258 e. The Balaban J connectivity index is 2.00. The highest BCUT2D eigenvalue weighted by Gasteiger charge is 2.22. The van der Waals surface area contributed by atoms with Gasteiger partial charge in [0.05, 0.1) is 0 Å². The summed E-state index contributed by atoms with van der Waals surface area (Å²) in [5.74, 6) is 0. The second-order valence-electron chi connectivity index (χ2n) is 6.45. The number of fused-ring (bicyclic) bond motifs is 3. The van der Waals surface area contributed by atoms with Crippen LogP contribution in [0.4, 0.5) is 0 Å². The Morgan fingerprint density at radius 1 is 0.750 bits per heavy atom. The molecule has 2 heterocycles. The van der Waals surface area contributed by atoms with Gasteiger partial charge in [-0.3, -0.25) is 4.79 Å². The van der Waals surface area contributed by atoms with Gasteiger partial charge in [-0.05, 0) is 40.6 Å². The summed E-state index contributed by atoms with van der Waals surface area (Å²) < 4.78 is 1.99. The predicted molar refractivity (Wildman–Crippen MR) is 99.5 cm³/mol. The molecule has 116 valence electrons. The molecule has 0 amide bonds. The van der Waals surface area contributed by atoms with Crippen molar-refractivity contribution in [3.05, 3.63) is 82.8 Å². The van der Waals surface area contributed by atoms with Crippen molar-refractivity contribution in [2.75, 3.05) is 0 Å². The molecular weight excluding hydrogens is 294 g/mol. The van der Waals surface area contributed by atoms with Crippen LogP contribution in [0.5, 0.6) is 0 Å². The molecule has 0 bridgehead atoms. The minimum absolute atomic E-state index is 0.155. The summed E-state index contributed by atoms with van der Waals surface area (Å²) in [5, 5.41) is 4.39. The van der Waals surface area contributed by atoms with E-state index < -0.39 is 0 Å². The van der Waals surface area contributed by atoms with Gasteiger partial charge in [-0.15, -0.1) is 0 Å². The summed E-state index contributed by atoms with van der Waals surface area (Å²) in [6, 6.07) is 23.0. The molecule has 0 N–H and O–H groups in total. The maximum Gasteiger partial charge on any atom is 0.258 e. The van der Waals surface area contributed by atoms with E-state index in [-0.39, 0.29) is 5.56 Å². The first-order valence-corrected chi connectivity index (χ1v) is 8.47. The molecule has 0 saturated heterocycles. The summed E-state index contributed by atoms with van der Waals surface area (Å²) in [6.07, 6.45) is 2.02. The lowest BCUT2D eigenvalue weighted by molar-refractivity contribution is 0.727. The molecule has 0 saturated carbocycles. The van der Waals surface area contributed by atoms with Crippen LogP contribution in [0.15, 0.2) is 71.5 Å². The van der Waals surface area contributed by atoms with Crippen LogP contribution in [0.25, 0.3) is 32.7 Å². The maximum atomic E-state index is 12.8. The molecule has 1 aromatic heterocycles. The SMILES string of the molecule is O=c1c2ccccc2c(-c2cccc3ccccc23)c2n1CCC2. The molecule has 5 rings (SSSR count). The van der Waals surface area contributed by atoms with E-state index in [1.807, 2.05) is 22.8 Å². The summed E-state index contributed by atoms with van der Waals surface area (Å²) in [4.78, 5) is 12.8. The highest BCUT2D eigenvalue weighted by molar-refractivity contribution is 6.06. The van der Waals surface area contributed by atoms with Crippen LogP contribution in [0.2, 0.25) is 0 Å². The van der Waals surface area contributed by atoms with Gasteiger partial charge in [-0.2, -0.15) is 0 Å². The van der Waals surface area contributed by atoms with Crippen molar-refractivity contribution in [2.24, 2.45) is 0 Å². The number of hydrogen-bond acceptors (Lipinski definition) is 1. The van der Waals surface area contributed by atoms with E-state index in [0.29, 0.717) is 0 Å². The van der Waals surface area contributed by atoms with E-state index in [1.165, 1.54) is 27.6 Å². The quantitative estimate of drug-likeness (QED) is 0.496. The molecule has 1 aliphatic rings. The van der Waals surface area contributed by atoms with E-state index in [4.69, 9.17) is 0 Å². The Bertz CT molecular complexity index is 1150. The first kappa shape index (κ1) is 13.6. The van der Waals surface area contributed by atoms with Crippen LogP contribution in [0, 0.1) is 0 Å². The van der Waals surface area contributed by atoms with E-state index in [1.54, 1.807) is 0 Å². The van der Waals surface area contributed by atoms with Crippen molar-refractivity contribution < 1.29 is 0 Å². The highest BCUT2D eigenvalue weighted by Crippen LogP contribution is 2.37. The molecule has 2 nitrogen and oxygen atoms in total. The van der Waals surface area contributed by atoms with Crippen LogP contribution < -0.4 is 5.56 Å². The number of hydrogen-bond donors (Lipinski definition) is 0. The third kappa shape index (κ3) is 1.80. The third-order valence-corrected chi connectivity index (χ3v) is 5.14. The van der Waals surface area contributed by atoms with Gasteiger partial charge in [0.25, 0.3) is 5.56 Å². The average molecular weight is 311 g/mol. The summed E-state index contributed by atoms with van der Waals surface area (Å²) in [5.41, 5.74) is 3.81. The Labute approximate surface area is 140 Å². The zero-order valence-electron chi connectivity index (χ0n) is 13.3. The Kier molecular flexibility index (Phi) is 2.86. The molecule has 4 aromatic rings. The molecule has 0 radical (unpaired) electrons. The average Bonchev–Trinajstić information content (AvgIpc) is 3.12. The van der Waals surface area contributed by atoms with E-state index in [0.717, 1.165) is 30.2 Å². The zero-order valence-corrected chi connectivity index (χ0v) is 13.3. The van der Waals surface area contributed by atoms with Crippen LogP contribution >= 0.6 is 0 Å². The first-order chi connectivity index (χ1) is 11.8. The summed E-state index contributed by atoms with van der Waals surface area (Å²) in [6.45, 7) is 0.830. The normalized spacial score (nSPS) is 13.5. The van der Waals surface area contributed by atoms with Crippen molar-refractivity contribution in [1.82, 2.24) is 4.57 Å². The lowest BCUT2D eigenvalue weighted by Gasteiger charge is -2.16. The molecule has 1 aliphatic heterocycles. The lowest BCUT2D eigenvalue weighted by atomic mass is 9.92. The van der Waals surface area contributed by atoms with Crippen molar-refractivity contribution in [3.8, 4) is 11.1 Å². The van der Waals surface area contributed by atoms with Crippen LogP contribution in [0.3, 0.4) is 0 Å². The van der Waals surface area contributed by atoms with E-state index >= 15 is 0 Å². The van der Waals surface area contributed by atoms with Gasteiger partial charge < -0.3 is 4.57 Å². The fraction of sp³-hybridized carbons (Fsp3) is 0.136. The maximum absolute atomic E-state index is 12.8. The monoisotopic (exact) mass is 311 g/mol. The Morgan fingerprint density at radius 3 is 2.33 bits per heavy atom. The highest BCUT2D eigenvalue weighted by atomic mass is 16.1. The van der Waals surface area contributed by atoms with Gasteiger partial charge in [0.15, 0.2) is 0 Å². The number of benzene rings is 3. The molecule has 0 unspecified atom stereocenters. The second-order valence-corrected chi connectivity index (χ2v) is 6.45. The second kappa shape index (κ2) is 5.07. The first-order valence-electron chi connectivity index (χ1n) is 8.47. The predicted octanol–water partition coefficient (Wildman–Crippen LogP) is 4.77. The van der Waals surface area contributed by atoms with Crippen LogP contribution in [-0.4, -0.2) is 4.57 Å². The fourth-order valence-corrected chi connectivity index (χ4v) is 4.09. The van der Waals surface area contributed by atoms with Gasteiger partial charge in [0, 0.05) is 23.2 Å². The van der Waals surface area contributed by atoms with E-state index in [9.17, 15) is 4.79 Å². The molecule has 0 spiro atoms. The number of nitrogens with zero attached hydrogens (tertiary/aromatic N) is 1. The molecule has 0 aliphatic carbocycles. The molecule has 24 heavy (non-hydrogen) atoms. The van der Waals surface area contributed by atoms with Crippen molar-refractivity contribution in [2.45, 2.75) is 19.4 Å². The van der Waals surface area contributed by atoms with Gasteiger partial charge in [0.1, 0.15) is 0 Å². The zero-order chi connectivity index (χ0) is 16.1. The van der Waals surface area contributed by atoms with Crippen molar-refractivity contribution in [1.29, 1.82) is 0 Å². The molecule has 0 fully saturated rings. The topological polar surface area (TPSA) is 22.0 Å². The number of pyridine rings is 1. The molecule has 0 atom stereocenters. The number of aromatic nitrogens is 1. The van der Waals surface area contributed by atoms with Crippen molar-refractivity contribution in [3.63, 3.8) is 0 Å². The lowest BCUT2D eigenvalue weighted by Crippen LogP contribution is -2.20.